The highest BCUT2D eigenvalue weighted by Gasteiger charge is 2.48. The summed E-state index contributed by atoms with van der Waals surface area (Å²) in [5.41, 5.74) is -0.535. The lowest BCUT2D eigenvalue weighted by molar-refractivity contribution is -0.173. The van der Waals surface area contributed by atoms with Gasteiger partial charge in [0, 0.05) is 0 Å². The Labute approximate surface area is 96.9 Å². The molecule has 1 rings (SSSR count). The summed E-state index contributed by atoms with van der Waals surface area (Å²) in [6.45, 7) is 7.87. The van der Waals surface area contributed by atoms with Crippen LogP contribution in [0.3, 0.4) is 0 Å². The first-order valence-corrected chi connectivity index (χ1v) is 5.83. The molecule has 0 N–H and O–H groups in total. The molecule has 3 nitrogen and oxygen atoms in total. The van der Waals surface area contributed by atoms with Gasteiger partial charge in [0.05, 0.1) is 11.3 Å². The van der Waals surface area contributed by atoms with Crippen molar-refractivity contribution in [2.45, 2.75) is 33.1 Å². The summed E-state index contributed by atoms with van der Waals surface area (Å²) in [4.78, 5) is 22.9. The van der Waals surface area contributed by atoms with Crippen LogP contribution >= 0.6 is 0 Å². The molecule has 3 unspecified atom stereocenters. The molecule has 0 aromatic rings. The number of aldehydes is 1. The molecule has 0 aromatic carbocycles. The van der Waals surface area contributed by atoms with E-state index in [0.717, 1.165) is 19.1 Å². The zero-order valence-electron chi connectivity index (χ0n) is 10.1. The van der Waals surface area contributed by atoms with E-state index in [2.05, 4.69) is 6.58 Å². The van der Waals surface area contributed by atoms with Crippen molar-refractivity contribution < 1.29 is 14.3 Å². The van der Waals surface area contributed by atoms with Gasteiger partial charge >= 0.3 is 5.97 Å². The Balaban J connectivity index is 2.99. The average molecular weight is 224 g/mol. The van der Waals surface area contributed by atoms with Gasteiger partial charge in [-0.2, -0.15) is 0 Å². The molecule has 0 aliphatic carbocycles. The second kappa shape index (κ2) is 5.28. The van der Waals surface area contributed by atoms with Gasteiger partial charge in [-0.15, -0.1) is 6.58 Å². The maximum atomic E-state index is 11.9. The van der Waals surface area contributed by atoms with E-state index in [1.807, 2.05) is 13.8 Å². The summed E-state index contributed by atoms with van der Waals surface area (Å²) in [6, 6.07) is 0. The van der Waals surface area contributed by atoms with Crippen LogP contribution in [0.1, 0.15) is 33.1 Å². The number of hydrogen-bond acceptors (Lipinski definition) is 3. The predicted molar refractivity (Wildman–Crippen MR) is 61.8 cm³/mol. The van der Waals surface area contributed by atoms with E-state index in [0.29, 0.717) is 6.42 Å². The number of allylic oxidation sites excluding steroid dienone is 1. The average Bonchev–Trinajstić information content (AvgIpc) is 2.26. The molecule has 1 saturated heterocycles. The minimum atomic E-state index is -0.535. The van der Waals surface area contributed by atoms with Crippen molar-refractivity contribution in [3.63, 3.8) is 0 Å². The fourth-order valence-corrected chi connectivity index (χ4v) is 2.63. The van der Waals surface area contributed by atoms with E-state index in [1.165, 1.54) is 0 Å². The van der Waals surface area contributed by atoms with Crippen molar-refractivity contribution >= 4 is 12.3 Å². The lowest BCUT2D eigenvalue weighted by Crippen LogP contribution is -2.47. The van der Waals surface area contributed by atoms with Crippen molar-refractivity contribution in [2.24, 2.45) is 17.3 Å². The van der Waals surface area contributed by atoms with Crippen LogP contribution in [-0.2, 0) is 14.3 Å². The van der Waals surface area contributed by atoms with Gasteiger partial charge in [0.1, 0.15) is 12.9 Å². The molecule has 16 heavy (non-hydrogen) atoms. The molecule has 1 aliphatic heterocycles. The van der Waals surface area contributed by atoms with Crippen LogP contribution < -0.4 is 0 Å². The zero-order valence-corrected chi connectivity index (χ0v) is 10.1. The largest absolute Gasteiger partial charge is 0.464 e. The Bertz CT molecular complexity index is 285. The molecule has 0 radical (unpaired) electrons. The van der Waals surface area contributed by atoms with E-state index in [-0.39, 0.29) is 24.4 Å². The molecule has 1 heterocycles. The molecule has 0 aromatic heterocycles. The third kappa shape index (κ3) is 2.18. The van der Waals surface area contributed by atoms with Crippen LogP contribution in [0.25, 0.3) is 0 Å². The zero-order chi connectivity index (χ0) is 12.2. The first kappa shape index (κ1) is 12.9. The summed E-state index contributed by atoms with van der Waals surface area (Å²) >= 11 is 0. The number of ether oxygens (including phenoxy) is 1. The van der Waals surface area contributed by atoms with Crippen molar-refractivity contribution in [1.29, 1.82) is 0 Å². The summed E-state index contributed by atoms with van der Waals surface area (Å²) < 4.78 is 5.12. The second-order valence-electron chi connectivity index (χ2n) is 4.70. The standard InChI is InChI=1S/C13H20O3/c1-4-6-11-10(8-14)9-16-12(15)13(11,3)7-5-2/h4,8,10-11H,1,5-7,9H2,2-3H3. The highest BCUT2D eigenvalue weighted by molar-refractivity contribution is 5.79. The van der Waals surface area contributed by atoms with Gasteiger partial charge in [-0.05, 0) is 25.7 Å². The van der Waals surface area contributed by atoms with Gasteiger partial charge < -0.3 is 9.53 Å². The molecule has 1 fully saturated rings. The summed E-state index contributed by atoms with van der Waals surface area (Å²) in [7, 11) is 0. The van der Waals surface area contributed by atoms with Crippen molar-refractivity contribution in [3.05, 3.63) is 12.7 Å². The van der Waals surface area contributed by atoms with Crippen molar-refractivity contribution in [3.8, 4) is 0 Å². The van der Waals surface area contributed by atoms with E-state index in [4.69, 9.17) is 4.74 Å². The van der Waals surface area contributed by atoms with Crippen LogP contribution in [0.5, 0.6) is 0 Å². The molecule has 1 aliphatic rings. The lowest BCUT2D eigenvalue weighted by atomic mass is 9.66. The van der Waals surface area contributed by atoms with Gasteiger partial charge in [0.25, 0.3) is 0 Å². The Morgan fingerprint density at radius 2 is 2.31 bits per heavy atom. The number of hydrogen-bond donors (Lipinski definition) is 0. The number of carbonyl (C=O) groups excluding carboxylic acids is 2. The third-order valence-electron chi connectivity index (χ3n) is 3.57. The number of cyclic esters (lactones) is 1. The van der Waals surface area contributed by atoms with Crippen LogP contribution in [-0.4, -0.2) is 18.9 Å². The molecule has 0 amide bonds. The molecule has 0 bridgehead atoms. The van der Waals surface area contributed by atoms with Crippen molar-refractivity contribution in [1.82, 2.24) is 0 Å². The highest BCUT2D eigenvalue weighted by Crippen LogP contribution is 2.43. The highest BCUT2D eigenvalue weighted by atomic mass is 16.5. The molecule has 3 atom stereocenters. The van der Waals surface area contributed by atoms with Crippen molar-refractivity contribution in [2.75, 3.05) is 6.61 Å². The number of rotatable bonds is 5. The Morgan fingerprint density at radius 3 is 2.81 bits per heavy atom. The van der Waals surface area contributed by atoms with Gasteiger partial charge in [0.2, 0.25) is 0 Å². The Morgan fingerprint density at radius 1 is 1.62 bits per heavy atom. The third-order valence-corrected chi connectivity index (χ3v) is 3.57. The molecule has 0 spiro atoms. The molecule has 3 heteroatoms. The SMILES string of the molecule is C=CCC1C(C=O)COC(=O)C1(C)CCC. The molecule has 90 valence electrons. The quantitative estimate of drug-likeness (QED) is 0.409. The summed E-state index contributed by atoms with van der Waals surface area (Å²) in [5, 5.41) is 0. The maximum Gasteiger partial charge on any atom is 0.312 e. The van der Waals surface area contributed by atoms with Gasteiger partial charge in [-0.3, -0.25) is 4.79 Å². The van der Waals surface area contributed by atoms with E-state index in [1.54, 1.807) is 6.08 Å². The minimum Gasteiger partial charge on any atom is -0.464 e. The van der Waals surface area contributed by atoms with E-state index in [9.17, 15) is 9.59 Å². The first-order valence-electron chi connectivity index (χ1n) is 5.83. The minimum absolute atomic E-state index is 0.0312. The smallest absolute Gasteiger partial charge is 0.312 e. The van der Waals surface area contributed by atoms with Crippen LogP contribution in [0, 0.1) is 17.3 Å². The van der Waals surface area contributed by atoms with Crippen LogP contribution in [0.4, 0.5) is 0 Å². The Hall–Kier alpha value is -1.12. The monoisotopic (exact) mass is 224 g/mol. The predicted octanol–water partition coefficient (Wildman–Crippen LogP) is 2.36. The fraction of sp³-hybridized carbons (Fsp3) is 0.692. The lowest BCUT2D eigenvalue weighted by Gasteiger charge is -2.42. The molecular weight excluding hydrogens is 204 g/mol. The van der Waals surface area contributed by atoms with Crippen LogP contribution in [0.2, 0.25) is 0 Å². The fourth-order valence-electron chi connectivity index (χ4n) is 2.63. The topological polar surface area (TPSA) is 43.4 Å². The van der Waals surface area contributed by atoms with Gasteiger partial charge in [-0.25, -0.2) is 0 Å². The van der Waals surface area contributed by atoms with Gasteiger partial charge in [-0.1, -0.05) is 19.4 Å². The van der Waals surface area contributed by atoms with E-state index >= 15 is 0 Å². The normalized spacial score (nSPS) is 34.2. The summed E-state index contributed by atoms with van der Waals surface area (Å²) in [6.07, 6.45) is 5.05. The molecular formula is C13H20O3. The Kier molecular flexibility index (Phi) is 4.27. The summed E-state index contributed by atoms with van der Waals surface area (Å²) in [5.74, 6) is -0.324. The van der Waals surface area contributed by atoms with Crippen LogP contribution in [0.15, 0.2) is 12.7 Å². The number of esters is 1. The second-order valence-corrected chi connectivity index (χ2v) is 4.70. The van der Waals surface area contributed by atoms with Gasteiger partial charge in [0.15, 0.2) is 0 Å². The molecule has 0 saturated carbocycles. The van der Waals surface area contributed by atoms with E-state index < -0.39 is 5.41 Å². The number of carbonyl (C=O) groups is 2. The first-order chi connectivity index (χ1) is 7.60. The maximum absolute atomic E-state index is 11.9.